The average molecular weight is 332 g/mol. The first kappa shape index (κ1) is 17.2. The molecule has 0 bridgehead atoms. The molecule has 0 saturated heterocycles. The summed E-state index contributed by atoms with van der Waals surface area (Å²) >= 11 is 0. The fourth-order valence-electron chi connectivity index (χ4n) is 3.49. The second kappa shape index (κ2) is 7.52. The lowest BCUT2D eigenvalue weighted by molar-refractivity contribution is -0.132. The van der Waals surface area contributed by atoms with E-state index in [4.69, 9.17) is 5.11 Å². The van der Waals surface area contributed by atoms with E-state index < -0.39 is 5.97 Å². The normalized spacial score (nSPS) is 13.0. The molecule has 0 saturated carbocycles. The van der Waals surface area contributed by atoms with Crippen molar-refractivity contribution in [2.24, 2.45) is 0 Å². The Morgan fingerprint density at radius 1 is 0.960 bits per heavy atom. The van der Waals surface area contributed by atoms with E-state index in [2.05, 4.69) is 55.1 Å². The molecule has 3 aromatic rings. The van der Waals surface area contributed by atoms with Crippen molar-refractivity contribution in [2.45, 2.75) is 39.0 Å². The summed E-state index contributed by atoms with van der Waals surface area (Å²) in [6, 6.07) is 18.0. The molecule has 3 aromatic carbocycles. The molecule has 2 nitrogen and oxygen atoms in total. The van der Waals surface area contributed by atoms with Gasteiger partial charge in [0.1, 0.15) is 0 Å². The van der Waals surface area contributed by atoms with Crippen LogP contribution in [-0.4, -0.2) is 11.1 Å². The molecule has 1 N–H and O–H groups in total. The van der Waals surface area contributed by atoms with Gasteiger partial charge in [-0.2, -0.15) is 0 Å². The van der Waals surface area contributed by atoms with Gasteiger partial charge in [0.05, 0.1) is 0 Å². The molecule has 0 radical (unpaired) electrons. The van der Waals surface area contributed by atoms with E-state index in [0.29, 0.717) is 6.42 Å². The summed E-state index contributed by atoms with van der Waals surface area (Å²) in [6.45, 7) is 5.03. The smallest absolute Gasteiger partial charge is 0.330 e. The fourth-order valence-corrected chi connectivity index (χ4v) is 3.49. The molecule has 2 heteroatoms. The number of rotatable bonds is 2. The number of aliphatic carboxylic acids is 1. The Labute approximate surface area is 148 Å². The summed E-state index contributed by atoms with van der Waals surface area (Å²) in [5, 5.41) is 13.7. The topological polar surface area (TPSA) is 37.3 Å². The maximum Gasteiger partial charge on any atom is 0.330 e. The zero-order chi connectivity index (χ0) is 17.8. The molecular weight excluding hydrogens is 308 g/mol. The van der Waals surface area contributed by atoms with Crippen LogP contribution in [0.25, 0.3) is 21.5 Å². The largest absolute Gasteiger partial charge is 0.478 e. The molecule has 1 aliphatic carbocycles. The van der Waals surface area contributed by atoms with Crippen LogP contribution in [0.3, 0.4) is 0 Å². The van der Waals surface area contributed by atoms with Crippen molar-refractivity contribution in [2.75, 3.05) is 0 Å². The molecule has 0 atom stereocenters. The van der Waals surface area contributed by atoms with Gasteiger partial charge in [-0.1, -0.05) is 62.0 Å². The number of carboxylic acid groups (broad SMARTS) is 1. The van der Waals surface area contributed by atoms with E-state index in [-0.39, 0.29) is 5.57 Å². The number of hydrogen-bond acceptors (Lipinski definition) is 1. The number of hydrogen-bond donors (Lipinski definition) is 1. The van der Waals surface area contributed by atoms with Crippen LogP contribution < -0.4 is 0 Å². The van der Waals surface area contributed by atoms with Crippen molar-refractivity contribution < 1.29 is 9.90 Å². The molecular formula is C23H24O2. The summed E-state index contributed by atoms with van der Waals surface area (Å²) in [5.41, 5.74) is 3.44. The third kappa shape index (κ3) is 3.58. The van der Waals surface area contributed by atoms with Crippen LogP contribution in [0, 0.1) is 0 Å². The lowest BCUT2D eigenvalue weighted by atomic mass is 9.86. The quantitative estimate of drug-likeness (QED) is 0.468. The first-order chi connectivity index (χ1) is 12.1. The van der Waals surface area contributed by atoms with Gasteiger partial charge in [-0.3, -0.25) is 0 Å². The molecule has 0 unspecified atom stereocenters. The monoisotopic (exact) mass is 332 g/mol. The van der Waals surface area contributed by atoms with Crippen molar-refractivity contribution >= 4 is 27.5 Å². The van der Waals surface area contributed by atoms with Crippen LogP contribution in [0.1, 0.15) is 37.3 Å². The standard InChI is InChI=1S/C18H16.C5H8O2/c1-3-7-15-13(5-1)9-11-18-16-8-4-2-6-14(16)10-12-17(15)18;1-3-4(2)5(6)7/h1,3,5,7,9-12H,2,4,6,8H2;2-3H2,1H3,(H,6,7). The zero-order valence-electron chi connectivity index (χ0n) is 14.7. The highest BCUT2D eigenvalue weighted by Crippen LogP contribution is 2.33. The molecule has 4 rings (SSSR count). The number of benzene rings is 3. The van der Waals surface area contributed by atoms with Crippen LogP contribution >= 0.6 is 0 Å². The maximum atomic E-state index is 9.83. The highest BCUT2D eigenvalue weighted by molar-refractivity contribution is 6.08. The molecule has 0 aromatic heterocycles. The van der Waals surface area contributed by atoms with E-state index >= 15 is 0 Å². The van der Waals surface area contributed by atoms with E-state index in [9.17, 15) is 4.79 Å². The van der Waals surface area contributed by atoms with Gasteiger partial charge in [0, 0.05) is 5.57 Å². The zero-order valence-corrected chi connectivity index (χ0v) is 14.7. The lowest BCUT2D eigenvalue weighted by Gasteiger charge is -2.18. The number of fused-ring (bicyclic) bond motifs is 5. The predicted molar refractivity (Wildman–Crippen MR) is 105 cm³/mol. The van der Waals surface area contributed by atoms with Gasteiger partial charge in [-0.25, -0.2) is 4.79 Å². The van der Waals surface area contributed by atoms with Crippen molar-refractivity contribution in [3.63, 3.8) is 0 Å². The van der Waals surface area contributed by atoms with Gasteiger partial charge in [-0.15, -0.1) is 0 Å². The molecule has 0 aliphatic heterocycles. The third-order valence-corrected chi connectivity index (χ3v) is 4.99. The average Bonchev–Trinajstić information content (AvgIpc) is 2.67. The first-order valence-corrected chi connectivity index (χ1v) is 8.95. The van der Waals surface area contributed by atoms with Crippen LogP contribution in [-0.2, 0) is 17.6 Å². The summed E-state index contributed by atoms with van der Waals surface area (Å²) in [4.78, 5) is 9.83. The third-order valence-electron chi connectivity index (χ3n) is 4.99. The Hall–Kier alpha value is -2.61. The first-order valence-electron chi connectivity index (χ1n) is 8.95. The second-order valence-corrected chi connectivity index (χ2v) is 6.55. The van der Waals surface area contributed by atoms with Crippen LogP contribution in [0.4, 0.5) is 0 Å². The molecule has 1 aliphatic rings. The molecule has 0 amide bonds. The van der Waals surface area contributed by atoms with Crippen molar-refractivity contribution in [3.05, 3.63) is 71.8 Å². The minimum Gasteiger partial charge on any atom is -0.478 e. The van der Waals surface area contributed by atoms with E-state index in [0.717, 1.165) is 0 Å². The van der Waals surface area contributed by atoms with Gasteiger partial charge in [0.15, 0.2) is 0 Å². The highest BCUT2D eigenvalue weighted by atomic mass is 16.4. The van der Waals surface area contributed by atoms with Crippen molar-refractivity contribution in [3.8, 4) is 0 Å². The Balaban J connectivity index is 0.000000225. The summed E-state index contributed by atoms with van der Waals surface area (Å²) < 4.78 is 0. The Bertz CT molecular complexity index is 937. The maximum absolute atomic E-state index is 9.83. The molecule has 25 heavy (non-hydrogen) atoms. The van der Waals surface area contributed by atoms with Gasteiger partial charge in [-0.05, 0) is 64.8 Å². The van der Waals surface area contributed by atoms with Gasteiger partial charge in [0.25, 0.3) is 0 Å². The number of carbonyl (C=O) groups is 1. The summed E-state index contributed by atoms with van der Waals surface area (Å²) in [7, 11) is 0. The number of carboxylic acids is 1. The van der Waals surface area contributed by atoms with Crippen LogP contribution in [0.15, 0.2) is 60.7 Å². The second-order valence-electron chi connectivity index (χ2n) is 6.55. The fraction of sp³-hybridized carbons (Fsp3) is 0.261. The molecule has 0 heterocycles. The highest BCUT2D eigenvalue weighted by Gasteiger charge is 2.13. The van der Waals surface area contributed by atoms with Gasteiger partial charge >= 0.3 is 5.97 Å². The molecule has 0 spiro atoms. The molecule has 128 valence electrons. The van der Waals surface area contributed by atoms with E-state index in [1.165, 1.54) is 47.2 Å². The Morgan fingerprint density at radius 3 is 2.40 bits per heavy atom. The van der Waals surface area contributed by atoms with Crippen molar-refractivity contribution in [1.29, 1.82) is 0 Å². The summed E-state index contributed by atoms with van der Waals surface area (Å²) in [6.07, 6.45) is 5.74. The van der Waals surface area contributed by atoms with E-state index in [1.807, 2.05) is 0 Å². The van der Waals surface area contributed by atoms with Gasteiger partial charge < -0.3 is 5.11 Å². The predicted octanol–water partition coefficient (Wildman–Crippen LogP) is 5.91. The van der Waals surface area contributed by atoms with Gasteiger partial charge in [0.2, 0.25) is 0 Å². The Kier molecular flexibility index (Phi) is 5.18. The molecule has 0 fully saturated rings. The van der Waals surface area contributed by atoms with Crippen LogP contribution in [0.2, 0.25) is 0 Å². The van der Waals surface area contributed by atoms with E-state index in [1.54, 1.807) is 18.1 Å². The minimum atomic E-state index is -0.900. The van der Waals surface area contributed by atoms with Crippen molar-refractivity contribution in [1.82, 2.24) is 0 Å². The lowest BCUT2D eigenvalue weighted by Crippen LogP contribution is -2.02. The Morgan fingerprint density at radius 2 is 1.68 bits per heavy atom. The summed E-state index contributed by atoms with van der Waals surface area (Å²) in [5.74, 6) is -0.900. The van der Waals surface area contributed by atoms with Crippen LogP contribution in [0.5, 0.6) is 0 Å². The minimum absolute atomic E-state index is 0.264. The number of aryl methyl sites for hydroxylation is 2. The SMILES string of the molecule is C=C(CC)C(=O)O.c1ccc2c(c1)ccc1c3c(ccc12)CCCC3.